The average Bonchev–Trinajstić information content (AvgIpc) is 2.71. The molecule has 2 atom stereocenters. The number of amides is 1. The van der Waals surface area contributed by atoms with Gasteiger partial charge in [-0.1, -0.05) is 49.4 Å². The number of carboxylic acids is 1. The summed E-state index contributed by atoms with van der Waals surface area (Å²) in [5, 5.41) is 11.9. The van der Waals surface area contributed by atoms with Crippen molar-refractivity contribution in [2.45, 2.75) is 31.8 Å². The van der Waals surface area contributed by atoms with Crippen molar-refractivity contribution < 1.29 is 24.2 Å². The second kappa shape index (κ2) is 11.1. The Morgan fingerprint density at radius 1 is 1.07 bits per heavy atom. The van der Waals surface area contributed by atoms with Crippen molar-refractivity contribution in [3.8, 4) is 5.75 Å². The van der Waals surface area contributed by atoms with Crippen LogP contribution >= 0.6 is 0 Å². The van der Waals surface area contributed by atoms with Gasteiger partial charge in [0.15, 0.2) is 12.7 Å². The molecule has 28 heavy (non-hydrogen) atoms. The lowest BCUT2D eigenvalue weighted by molar-refractivity contribution is -0.148. The number of ether oxygens (including phenoxy) is 2. The molecule has 0 aliphatic rings. The Morgan fingerprint density at radius 2 is 1.75 bits per heavy atom. The molecule has 1 amide bonds. The molecule has 0 heterocycles. The second-order valence-corrected chi connectivity index (χ2v) is 6.65. The van der Waals surface area contributed by atoms with Crippen LogP contribution in [0.5, 0.6) is 5.75 Å². The minimum absolute atomic E-state index is 0.0606. The Morgan fingerprint density at radius 3 is 2.36 bits per heavy atom. The van der Waals surface area contributed by atoms with E-state index in [9.17, 15) is 9.59 Å². The number of carbonyl (C=O) groups is 2. The summed E-state index contributed by atoms with van der Waals surface area (Å²) < 4.78 is 10.4. The van der Waals surface area contributed by atoms with E-state index in [4.69, 9.17) is 14.6 Å². The van der Waals surface area contributed by atoms with Crippen molar-refractivity contribution in [1.82, 2.24) is 5.32 Å². The highest BCUT2D eigenvalue weighted by atomic mass is 16.5. The molecule has 2 aromatic carbocycles. The molecular formula is C22H27NO5. The fourth-order valence-corrected chi connectivity index (χ4v) is 2.78. The van der Waals surface area contributed by atoms with Crippen molar-refractivity contribution in [3.63, 3.8) is 0 Å². The lowest BCUT2D eigenvalue weighted by Crippen LogP contribution is -2.30. The van der Waals surface area contributed by atoms with Gasteiger partial charge >= 0.3 is 5.97 Å². The number of carbonyl (C=O) groups excluding carboxylic acids is 1. The van der Waals surface area contributed by atoms with E-state index in [2.05, 4.69) is 24.4 Å². The molecule has 150 valence electrons. The molecule has 6 nitrogen and oxygen atoms in total. The summed E-state index contributed by atoms with van der Waals surface area (Å²) in [6.07, 6.45) is 0.247. The number of carboxylic acid groups (broad SMARTS) is 1. The molecule has 0 spiro atoms. The summed E-state index contributed by atoms with van der Waals surface area (Å²) in [6.45, 7) is 2.66. The van der Waals surface area contributed by atoms with E-state index in [0.717, 1.165) is 12.0 Å². The molecule has 2 N–H and O–H groups in total. The third kappa shape index (κ3) is 7.04. The first kappa shape index (κ1) is 21.4. The molecule has 2 aromatic rings. The predicted octanol–water partition coefficient (Wildman–Crippen LogP) is 3.02. The third-order valence-corrected chi connectivity index (χ3v) is 4.54. The van der Waals surface area contributed by atoms with Crippen LogP contribution in [0.4, 0.5) is 0 Å². The smallest absolute Gasteiger partial charge is 0.333 e. The van der Waals surface area contributed by atoms with Gasteiger partial charge in [-0.25, -0.2) is 4.79 Å². The van der Waals surface area contributed by atoms with Gasteiger partial charge in [-0.3, -0.25) is 4.79 Å². The maximum Gasteiger partial charge on any atom is 0.333 e. The summed E-state index contributed by atoms with van der Waals surface area (Å²) in [5.74, 6) is -0.242. The SMILES string of the molecule is CO[C@@H](Cc1ccc(OCC(=O)NCCC(C)c2ccccc2)cc1)C(=O)O. The van der Waals surface area contributed by atoms with Crippen LogP contribution in [0.2, 0.25) is 0 Å². The lowest BCUT2D eigenvalue weighted by Gasteiger charge is -2.13. The molecule has 0 fully saturated rings. The Hall–Kier alpha value is -2.86. The fourth-order valence-electron chi connectivity index (χ4n) is 2.78. The van der Waals surface area contributed by atoms with E-state index in [-0.39, 0.29) is 18.9 Å². The Kier molecular flexibility index (Phi) is 8.49. The molecule has 2 rings (SSSR count). The molecule has 0 bridgehead atoms. The zero-order valence-electron chi connectivity index (χ0n) is 16.3. The van der Waals surface area contributed by atoms with Gasteiger partial charge < -0.3 is 19.9 Å². The topological polar surface area (TPSA) is 84.9 Å². The predicted molar refractivity (Wildman–Crippen MR) is 107 cm³/mol. The standard InChI is InChI=1S/C22H27NO5/c1-16(18-6-4-3-5-7-18)12-13-23-21(24)15-28-19-10-8-17(9-11-19)14-20(27-2)22(25)26/h3-11,16,20H,12-15H2,1-2H3,(H,23,24)(H,25,26)/t16?,20-/m0/s1. The van der Waals surface area contributed by atoms with Crippen molar-refractivity contribution >= 4 is 11.9 Å². The van der Waals surface area contributed by atoms with Crippen molar-refractivity contribution in [1.29, 1.82) is 0 Å². The van der Waals surface area contributed by atoms with Crippen LogP contribution < -0.4 is 10.1 Å². The van der Waals surface area contributed by atoms with Gasteiger partial charge in [0, 0.05) is 20.1 Å². The Bertz CT molecular complexity index is 745. The van der Waals surface area contributed by atoms with Crippen LogP contribution in [-0.2, 0) is 20.7 Å². The highest BCUT2D eigenvalue weighted by Crippen LogP contribution is 2.17. The normalized spacial score (nSPS) is 12.8. The highest BCUT2D eigenvalue weighted by Gasteiger charge is 2.16. The van der Waals surface area contributed by atoms with Crippen molar-refractivity contribution in [3.05, 3.63) is 65.7 Å². The number of nitrogens with one attached hydrogen (secondary N) is 1. The van der Waals surface area contributed by atoms with E-state index in [1.807, 2.05) is 18.2 Å². The molecule has 0 saturated carbocycles. The summed E-state index contributed by atoms with van der Waals surface area (Å²) in [4.78, 5) is 22.9. The van der Waals surface area contributed by atoms with Crippen LogP contribution in [0.3, 0.4) is 0 Å². The second-order valence-electron chi connectivity index (χ2n) is 6.65. The van der Waals surface area contributed by atoms with Gasteiger partial charge in [-0.15, -0.1) is 0 Å². The van der Waals surface area contributed by atoms with Crippen LogP contribution in [0, 0.1) is 0 Å². The molecule has 0 saturated heterocycles. The third-order valence-electron chi connectivity index (χ3n) is 4.54. The molecule has 1 unspecified atom stereocenters. The maximum absolute atomic E-state index is 11.9. The number of benzene rings is 2. The molecule has 0 aliphatic carbocycles. The van der Waals surface area contributed by atoms with Gasteiger partial charge in [-0.2, -0.15) is 0 Å². The minimum atomic E-state index is -0.999. The average molecular weight is 385 g/mol. The summed E-state index contributed by atoms with van der Waals surface area (Å²) in [7, 11) is 1.37. The highest BCUT2D eigenvalue weighted by molar-refractivity contribution is 5.77. The first-order valence-corrected chi connectivity index (χ1v) is 9.28. The first-order valence-electron chi connectivity index (χ1n) is 9.28. The van der Waals surface area contributed by atoms with Gasteiger partial charge in [0.2, 0.25) is 0 Å². The Labute approximate surface area is 165 Å². The van der Waals surface area contributed by atoms with Gasteiger partial charge in [-0.05, 0) is 35.6 Å². The number of aliphatic carboxylic acids is 1. The van der Waals surface area contributed by atoms with Crippen LogP contribution in [0.1, 0.15) is 30.4 Å². The van der Waals surface area contributed by atoms with Crippen LogP contribution in [0.15, 0.2) is 54.6 Å². The minimum Gasteiger partial charge on any atom is -0.484 e. The lowest BCUT2D eigenvalue weighted by atomic mass is 9.98. The molecule has 6 heteroatoms. The summed E-state index contributed by atoms with van der Waals surface area (Å²) >= 11 is 0. The van der Waals surface area contributed by atoms with Crippen molar-refractivity contribution in [2.24, 2.45) is 0 Å². The van der Waals surface area contributed by atoms with E-state index in [1.165, 1.54) is 12.7 Å². The largest absolute Gasteiger partial charge is 0.484 e. The van der Waals surface area contributed by atoms with E-state index < -0.39 is 12.1 Å². The number of methoxy groups -OCH3 is 1. The molecule has 0 radical (unpaired) electrons. The first-order chi connectivity index (χ1) is 13.5. The van der Waals surface area contributed by atoms with Crippen molar-refractivity contribution in [2.75, 3.05) is 20.3 Å². The zero-order chi connectivity index (χ0) is 20.4. The maximum atomic E-state index is 11.9. The van der Waals surface area contributed by atoms with Gasteiger partial charge in [0.05, 0.1) is 0 Å². The molecule has 0 aliphatic heterocycles. The monoisotopic (exact) mass is 385 g/mol. The number of rotatable bonds is 11. The summed E-state index contributed by atoms with van der Waals surface area (Å²) in [5.41, 5.74) is 2.08. The number of hydrogen-bond acceptors (Lipinski definition) is 4. The Balaban J connectivity index is 1.70. The van der Waals surface area contributed by atoms with Crippen LogP contribution in [0.25, 0.3) is 0 Å². The van der Waals surface area contributed by atoms with Crippen LogP contribution in [-0.4, -0.2) is 43.3 Å². The summed E-state index contributed by atoms with van der Waals surface area (Å²) in [6, 6.07) is 17.2. The van der Waals surface area contributed by atoms with Gasteiger partial charge in [0.1, 0.15) is 5.75 Å². The quantitative estimate of drug-likeness (QED) is 0.621. The van der Waals surface area contributed by atoms with E-state index in [1.54, 1.807) is 24.3 Å². The zero-order valence-corrected chi connectivity index (χ0v) is 16.3. The number of hydrogen-bond donors (Lipinski definition) is 2. The van der Waals surface area contributed by atoms with Gasteiger partial charge in [0.25, 0.3) is 5.91 Å². The molecule has 0 aromatic heterocycles. The molecular weight excluding hydrogens is 358 g/mol. The van der Waals surface area contributed by atoms with E-state index in [0.29, 0.717) is 18.2 Å². The fraction of sp³-hybridized carbons (Fsp3) is 0.364. The van der Waals surface area contributed by atoms with E-state index >= 15 is 0 Å².